The highest BCUT2D eigenvalue weighted by molar-refractivity contribution is 5.82. The topological polar surface area (TPSA) is 29.1 Å². The van der Waals surface area contributed by atoms with Crippen molar-refractivity contribution in [3.63, 3.8) is 0 Å². The van der Waals surface area contributed by atoms with Gasteiger partial charge in [0.15, 0.2) is 0 Å². The molecule has 0 aromatic carbocycles. The standard InChI is InChI=1S/C10H17NO/c12-10-6-2-1-4-8(10)9-5-3-7-11-9/h8-9,11H,1-7H2/t8-,9-/m0/s1. The van der Waals surface area contributed by atoms with Crippen LogP contribution in [0.15, 0.2) is 0 Å². The second-order valence-electron chi connectivity index (χ2n) is 4.02. The average molecular weight is 167 g/mol. The molecule has 0 unspecified atom stereocenters. The van der Waals surface area contributed by atoms with Gasteiger partial charge in [0.2, 0.25) is 0 Å². The Morgan fingerprint density at radius 2 is 2.08 bits per heavy atom. The van der Waals surface area contributed by atoms with Crippen LogP contribution >= 0.6 is 0 Å². The van der Waals surface area contributed by atoms with Crippen LogP contribution in [0.2, 0.25) is 0 Å². The molecule has 12 heavy (non-hydrogen) atoms. The number of hydrogen-bond donors (Lipinski definition) is 1. The van der Waals surface area contributed by atoms with Gasteiger partial charge >= 0.3 is 0 Å². The van der Waals surface area contributed by atoms with Gasteiger partial charge in [-0.3, -0.25) is 4.79 Å². The van der Waals surface area contributed by atoms with E-state index in [4.69, 9.17) is 0 Å². The largest absolute Gasteiger partial charge is 0.313 e. The number of carbonyl (C=O) groups excluding carboxylic acids is 1. The third-order valence-corrected chi connectivity index (χ3v) is 3.19. The molecular formula is C10H17NO. The Morgan fingerprint density at radius 3 is 2.75 bits per heavy atom. The van der Waals surface area contributed by atoms with Gasteiger partial charge < -0.3 is 5.32 Å². The number of hydrogen-bond acceptors (Lipinski definition) is 2. The first kappa shape index (κ1) is 8.24. The van der Waals surface area contributed by atoms with Gasteiger partial charge in [-0.2, -0.15) is 0 Å². The molecule has 2 rings (SSSR count). The summed E-state index contributed by atoms with van der Waals surface area (Å²) < 4.78 is 0. The second kappa shape index (κ2) is 3.56. The van der Waals surface area contributed by atoms with Crippen molar-refractivity contribution in [3.05, 3.63) is 0 Å². The summed E-state index contributed by atoms with van der Waals surface area (Å²) in [4.78, 5) is 11.5. The molecule has 0 bridgehead atoms. The monoisotopic (exact) mass is 167 g/mol. The van der Waals surface area contributed by atoms with Crippen LogP contribution in [-0.2, 0) is 4.79 Å². The van der Waals surface area contributed by atoms with E-state index in [9.17, 15) is 4.79 Å². The lowest BCUT2D eigenvalue weighted by Crippen LogP contribution is -2.37. The van der Waals surface area contributed by atoms with E-state index < -0.39 is 0 Å². The molecule has 1 saturated heterocycles. The smallest absolute Gasteiger partial charge is 0.137 e. The van der Waals surface area contributed by atoms with Gasteiger partial charge in [0.1, 0.15) is 5.78 Å². The fraction of sp³-hybridized carbons (Fsp3) is 0.900. The summed E-state index contributed by atoms with van der Waals surface area (Å²) >= 11 is 0. The molecule has 0 amide bonds. The lowest BCUT2D eigenvalue weighted by molar-refractivity contribution is -0.125. The molecule has 2 fully saturated rings. The molecule has 2 aliphatic rings. The summed E-state index contributed by atoms with van der Waals surface area (Å²) in [5.41, 5.74) is 0. The van der Waals surface area contributed by atoms with Gasteiger partial charge in [-0.1, -0.05) is 6.42 Å². The maximum atomic E-state index is 11.5. The normalized spacial score (nSPS) is 37.2. The fourth-order valence-electron chi connectivity index (χ4n) is 2.49. The number of Topliss-reactive ketones (excluding diaryl/α,β-unsaturated/α-hetero) is 1. The van der Waals surface area contributed by atoms with E-state index >= 15 is 0 Å². The minimum absolute atomic E-state index is 0.362. The van der Waals surface area contributed by atoms with Gasteiger partial charge in [-0.05, 0) is 32.2 Å². The van der Waals surface area contributed by atoms with Gasteiger partial charge in [-0.15, -0.1) is 0 Å². The molecule has 2 heteroatoms. The maximum Gasteiger partial charge on any atom is 0.137 e. The number of carbonyl (C=O) groups is 1. The van der Waals surface area contributed by atoms with Gasteiger partial charge in [-0.25, -0.2) is 0 Å². The molecule has 0 aromatic heterocycles. The summed E-state index contributed by atoms with van der Waals surface area (Å²) in [6.07, 6.45) is 6.83. The molecule has 68 valence electrons. The van der Waals surface area contributed by atoms with Gasteiger partial charge in [0.05, 0.1) is 0 Å². The Labute approximate surface area is 73.7 Å². The second-order valence-corrected chi connectivity index (χ2v) is 4.02. The van der Waals surface area contributed by atoms with Crippen molar-refractivity contribution in [1.29, 1.82) is 0 Å². The van der Waals surface area contributed by atoms with E-state index in [1.54, 1.807) is 0 Å². The number of nitrogens with one attached hydrogen (secondary N) is 1. The lowest BCUT2D eigenvalue weighted by Gasteiger charge is -2.25. The zero-order valence-corrected chi connectivity index (χ0v) is 7.51. The molecule has 1 N–H and O–H groups in total. The number of ketones is 1. The van der Waals surface area contributed by atoms with E-state index in [0.717, 1.165) is 25.8 Å². The van der Waals surface area contributed by atoms with Crippen molar-refractivity contribution < 1.29 is 4.79 Å². The van der Waals surface area contributed by atoms with Crippen LogP contribution < -0.4 is 5.32 Å². The summed E-state index contributed by atoms with van der Waals surface area (Å²) in [6.45, 7) is 1.12. The van der Waals surface area contributed by atoms with Crippen molar-refractivity contribution in [2.75, 3.05) is 6.54 Å². The summed E-state index contributed by atoms with van der Waals surface area (Å²) in [7, 11) is 0. The Balaban J connectivity index is 1.95. The molecule has 2 atom stereocenters. The highest BCUT2D eigenvalue weighted by atomic mass is 16.1. The first-order chi connectivity index (χ1) is 5.88. The fourth-order valence-corrected chi connectivity index (χ4v) is 2.49. The van der Waals surface area contributed by atoms with E-state index in [0.29, 0.717) is 17.7 Å². The Kier molecular flexibility index (Phi) is 2.45. The van der Waals surface area contributed by atoms with Crippen LogP contribution in [0, 0.1) is 5.92 Å². The lowest BCUT2D eigenvalue weighted by atomic mass is 9.82. The zero-order valence-electron chi connectivity index (χ0n) is 7.51. The highest BCUT2D eigenvalue weighted by Gasteiger charge is 2.31. The molecule has 0 aromatic rings. The van der Waals surface area contributed by atoms with Gasteiger partial charge in [0, 0.05) is 18.4 Å². The predicted octanol–water partition coefficient (Wildman–Crippen LogP) is 1.50. The van der Waals surface area contributed by atoms with E-state index in [1.165, 1.54) is 19.3 Å². The first-order valence-electron chi connectivity index (χ1n) is 5.14. The van der Waals surface area contributed by atoms with Crippen LogP contribution in [0.1, 0.15) is 38.5 Å². The molecule has 1 aliphatic heterocycles. The van der Waals surface area contributed by atoms with E-state index in [2.05, 4.69) is 5.32 Å². The molecule has 1 saturated carbocycles. The van der Waals surface area contributed by atoms with E-state index in [-0.39, 0.29) is 0 Å². The number of rotatable bonds is 1. The minimum atomic E-state index is 0.362. The predicted molar refractivity (Wildman–Crippen MR) is 48.0 cm³/mol. The molecule has 1 aliphatic carbocycles. The van der Waals surface area contributed by atoms with Crippen LogP contribution in [0.4, 0.5) is 0 Å². The third kappa shape index (κ3) is 1.53. The quantitative estimate of drug-likeness (QED) is 0.641. The van der Waals surface area contributed by atoms with E-state index in [1.807, 2.05) is 0 Å². The average Bonchev–Trinajstić information content (AvgIpc) is 2.57. The van der Waals surface area contributed by atoms with Gasteiger partial charge in [0.25, 0.3) is 0 Å². The summed E-state index contributed by atoms with van der Waals surface area (Å²) in [6, 6.07) is 0.526. The minimum Gasteiger partial charge on any atom is -0.313 e. The van der Waals surface area contributed by atoms with Crippen molar-refractivity contribution >= 4 is 5.78 Å². The highest BCUT2D eigenvalue weighted by Crippen LogP contribution is 2.27. The van der Waals surface area contributed by atoms with Crippen molar-refractivity contribution in [2.24, 2.45) is 5.92 Å². The zero-order chi connectivity index (χ0) is 8.39. The molecule has 0 spiro atoms. The van der Waals surface area contributed by atoms with Crippen molar-refractivity contribution in [1.82, 2.24) is 5.32 Å². The van der Waals surface area contributed by atoms with Crippen LogP contribution in [0.5, 0.6) is 0 Å². The Hall–Kier alpha value is -0.370. The van der Waals surface area contributed by atoms with Crippen molar-refractivity contribution in [2.45, 2.75) is 44.6 Å². The molecule has 2 nitrogen and oxygen atoms in total. The summed E-state index contributed by atoms with van der Waals surface area (Å²) in [5.74, 6) is 0.877. The molecule has 0 radical (unpaired) electrons. The molecular weight excluding hydrogens is 150 g/mol. The third-order valence-electron chi connectivity index (χ3n) is 3.19. The Bertz CT molecular complexity index is 173. The first-order valence-corrected chi connectivity index (χ1v) is 5.14. The summed E-state index contributed by atoms with van der Waals surface area (Å²) in [5, 5.41) is 3.44. The van der Waals surface area contributed by atoms with Crippen LogP contribution in [-0.4, -0.2) is 18.4 Å². The SMILES string of the molecule is O=C1CCCC[C@H]1[C@@H]1CCCN1. The Morgan fingerprint density at radius 1 is 1.17 bits per heavy atom. The van der Waals surface area contributed by atoms with Crippen LogP contribution in [0.25, 0.3) is 0 Å². The van der Waals surface area contributed by atoms with Crippen molar-refractivity contribution in [3.8, 4) is 0 Å². The van der Waals surface area contributed by atoms with Crippen LogP contribution in [0.3, 0.4) is 0 Å². The maximum absolute atomic E-state index is 11.5. The molecule has 1 heterocycles.